The van der Waals surface area contributed by atoms with Crippen LogP contribution in [-0.4, -0.2) is 99.4 Å². The quantitative estimate of drug-likeness (QED) is 0.00429. The smallest absolute Gasteiger partial charge is 1.00 e. The van der Waals surface area contributed by atoms with E-state index in [9.17, 15) is 75.4 Å². The molecule has 0 spiro atoms. The largest absolute Gasteiger partial charge is 1.00 e. The number of carbonyl (C=O) groups is 2. The number of nitrogens with two attached hydrogens (primary N) is 1. The number of carbonyl (C=O) groups excluding carboxylic acids is 2. The SMILES string of the molecule is C/C(=C\CCc1ccccc1)[N+](=O)[O-].CC(=CCCc1ccccc1)[N+](=O)[O-].CC(C(O)CCc1ccccc1)[N+](=O)[O-].CC[N+](=O)[O-].CS.C[C@H]1CC(=O)C[C@@H](CCc2ccccc2)[C@]1(C)[N+](=O)[O-].C[C@H]1CC(N)C[C@@H](CCc2ccccc2)[C@]1(C)[N+](=O)[O-].O=CCCc1ccccc1.[2H][I-]C.[3H]OC(=C)/C=C/C.[Cl][Cu].[F-].[K+]. The Hall–Kier alpha value is -6.80. The molecule has 620 valence electrons. The molecule has 0 aliphatic heterocycles. The Morgan fingerprint density at radius 1 is 0.634 bits per heavy atom. The van der Waals surface area contributed by atoms with Crippen LogP contribution in [0.5, 0.6) is 0 Å². The van der Waals surface area contributed by atoms with Crippen molar-refractivity contribution in [3.8, 4) is 0 Å². The molecule has 2 aliphatic rings. The number of aldehydes is 1. The Balaban J connectivity index is -0.000000401. The fourth-order valence-corrected chi connectivity index (χ4v) is 11.5. The second-order valence-electron chi connectivity index (χ2n) is 26.1. The summed E-state index contributed by atoms with van der Waals surface area (Å²) in [5.41, 5.74) is 11.9. The van der Waals surface area contributed by atoms with E-state index in [1.807, 2.05) is 196 Å². The van der Waals surface area contributed by atoms with Crippen LogP contribution in [0.25, 0.3) is 1.43 Å². The number of hydrogen-bond donors (Lipinski definition) is 4. The molecule has 23 nitrogen and oxygen atoms in total. The summed E-state index contributed by atoms with van der Waals surface area (Å²) in [6.07, 6.45) is 19.6. The molecule has 2 saturated carbocycles. The predicted octanol–water partition coefficient (Wildman–Crippen LogP) is 9.42. The van der Waals surface area contributed by atoms with Gasteiger partial charge in [-0.1, -0.05) is 208 Å². The van der Waals surface area contributed by atoms with Gasteiger partial charge in [-0.2, -0.15) is 12.6 Å². The van der Waals surface area contributed by atoms with Crippen molar-refractivity contribution in [1.82, 2.24) is 0 Å². The standard InChI is InChI=1S/C16H24N2O2.C16H21NO3.C11H15NO3.2C11H13NO2.C9H10O.C5H8O.C2H5NO2.CH4I.CH4S.ClH.Cu.FH.K/c1-12-10-15(17)11-14(16(12,2)18(19)20)9-8-13-6-4-3-5-7-13;1-12-10-15(18)11-14(16(12,2)17(19)20)9-8-13-6-4-3-5-7-13;1-9(12(14)15)11(13)8-7-10-5-3-2-4-6-10;2*1-10(12(13)14)6-5-9-11-7-3-2-4-8-11;10-8-4-7-9-5-2-1-3-6-9;1-3-4-5(2)6;1-2-3(4)5;2*1-2;;;;/h3-7,12,14-15H,8-11,17H2,1-2H3;3-7,12,14H,8-11H2,1-2H3;2-6,9,11,13H,7-8H2,1H3;2*2-4,6-8H,5,9H2,1H3;1-3,5-6,8H,4,7H2;3-4,6H,2H2,1H3;2H2,1H3;2*2H,1H3;1H;;1H;/q;;;;;;;;-1;;;+1;;+1/p-2/b;;;10-6+;;;4-3+;;;;;;;/t12-,14+,15?,16+;12-,14+,16+;;;;;;;;;;;;/m00............/s1/i;;;;;;;;2D;;;;;/hT. The van der Waals surface area contributed by atoms with Crippen LogP contribution in [0, 0.1) is 84.4 Å². The molecule has 0 heterocycles. The van der Waals surface area contributed by atoms with Crippen LogP contribution in [0.2, 0.25) is 0 Å². The third-order valence-corrected chi connectivity index (χ3v) is 18.4. The summed E-state index contributed by atoms with van der Waals surface area (Å²) in [6, 6.07) is 58.9. The van der Waals surface area contributed by atoms with Crippen molar-refractivity contribution in [2.24, 2.45) is 29.4 Å². The van der Waals surface area contributed by atoms with Crippen molar-refractivity contribution >= 4 is 34.8 Å². The third-order valence-electron chi connectivity index (χ3n) is 18.4. The van der Waals surface area contributed by atoms with Crippen LogP contribution in [0.3, 0.4) is 0 Å². The van der Waals surface area contributed by atoms with Crippen LogP contribution in [0.1, 0.15) is 160 Å². The van der Waals surface area contributed by atoms with Gasteiger partial charge in [-0.05, 0) is 148 Å². The second kappa shape index (κ2) is 69.7. The van der Waals surface area contributed by atoms with Crippen LogP contribution < -0.4 is 84.2 Å². The van der Waals surface area contributed by atoms with Gasteiger partial charge in [0.25, 0.3) is 1.43 Å². The van der Waals surface area contributed by atoms with Gasteiger partial charge in [0.05, 0.1) is 9.85 Å². The number of aliphatic hydroxyl groups is 2. The minimum atomic E-state index is -0.983. The number of benzene rings is 6. The van der Waals surface area contributed by atoms with Crippen molar-refractivity contribution in [2.45, 2.75) is 194 Å². The van der Waals surface area contributed by atoms with E-state index in [2.05, 4.69) is 61.6 Å². The molecule has 6 aromatic carbocycles. The molecule has 3 unspecified atom stereocenters. The number of aryl methyl sites for hydroxylation is 6. The van der Waals surface area contributed by atoms with E-state index in [1.165, 1.54) is 55.5 Å². The molecule has 0 saturated heterocycles. The molecule has 4 N–H and O–H groups in total. The summed E-state index contributed by atoms with van der Waals surface area (Å²) < 4.78 is 12.6. The maximum atomic E-state index is 11.8. The van der Waals surface area contributed by atoms with Gasteiger partial charge in [-0.3, -0.25) is 65.5 Å². The number of ketones is 1. The van der Waals surface area contributed by atoms with Crippen molar-refractivity contribution in [1.29, 1.82) is 2.02 Å². The van der Waals surface area contributed by atoms with Gasteiger partial charge in [-0.15, -0.1) is 0 Å². The number of alkyl halides is 1. The van der Waals surface area contributed by atoms with Gasteiger partial charge >= 0.3 is 105 Å². The fraction of sp³-hybridized carbons (Fsp3) is 0.446. The zero-order valence-corrected chi connectivity index (χ0v) is 74.6. The molecule has 8 rings (SSSR count). The van der Waals surface area contributed by atoms with E-state index >= 15 is 0 Å². The van der Waals surface area contributed by atoms with Gasteiger partial charge in [0.1, 0.15) is 23.9 Å². The summed E-state index contributed by atoms with van der Waals surface area (Å²) in [5, 5.41) is 76.7. The minimum Gasteiger partial charge on any atom is -1.00 e. The van der Waals surface area contributed by atoms with E-state index in [1.54, 1.807) is 44.4 Å². The molecule has 29 heteroatoms. The fourth-order valence-electron chi connectivity index (χ4n) is 11.5. The van der Waals surface area contributed by atoms with E-state index < -0.39 is 28.1 Å². The molecule has 0 bridgehead atoms. The van der Waals surface area contributed by atoms with E-state index in [-0.39, 0.29) is 157 Å². The molecule has 0 amide bonds. The summed E-state index contributed by atoms with van der Waals surface area (Å²) in [5.74, 6) is 0.240. The minimum absolute atomic E-state index is 0. The zero-order valence-electron chi connectivity index (χ0n) is 68.7. The average Bonchev–Trinajstić information content (AvgIpc) is 0.783. The molecule has 0 aromatic heterocycles. The number of rotatable bonds is 27. The van der Waals surface area contributed by atoms with E-state index in [0.29, 0.717) is 44.3 Å². The number of nitrogens with zero attached hydrogens (tertiary/aromatic N) is 6. The molecule has 0 radical (unpaired) electrons. The molecular formula is C83H117ClCuFIKN7O16S-. The Morgan fingerprint density at radius 2 is 0.946 bits per heavy atom. The number of Topliss-reactive ketones (excluding diaryl/α,β-unsaturated/α-hetero) is 1. The monoisotopic (exact) mass is 1790 g/mol. The molecular weight excluding hydrogens is 1670 g/mol. The van der Waals surface area contributed by atoms with Gasteiger partial charge < -0.3 is 25.4 Å². The summed E-state index contributed by atoms with van der Waals surface area (Å²) in [6.45, 7) is 18.5. The van der Waals surface area contributed by atoms with Crippen LogP contribution in [-0.2, 0) is 63.2 Å². The maximum Gasteiger partial charge on any atom is 1.00 e. The van der Waals surface area contributed by atoms with Crippen LogP contribution in [0.4, 0.5) is 0 Å². The van der Waals surface area contributed by atoms with Crippen molar-refractivity contribution in [3.05, 3.63) is 324 Å². The number of thiol groups is 1. The number of halogens is 3. The van der Waals surface area contributed by atoms with E-state index in [0.717, 1.165) is 76.1 Å². The number of aliphatic hydroxyl groups excluding tert-OH is 2. The average molecular weight is 1790 g/mol. The molecule has 112 heavy (non-hydrogen) atoms. The van der Waals surface area contributed by atoms with Crippen LogP contribution >= 0.6 is 22.7 Å². The molecule has 9 atom stereocenters. The first-order valence-electron chi connectivity index (χ1n) is 36.9. The Morgan fingerprint density at radius 3 is 1.23 bits per heavy atom. The number of hydrogen-bond acceptors (Lipinski definition) is 18. The maximum absolute atomic E-state index is 11.8. The Bertz CT molecular complexity index is 3600. The summed E-state index contributed by atoms with van der Waals surface area (Å²) in [7, 11) is 4.20. The first-order valence-corrected chi connectivity index (χ1v) is 40.4. The topological polar surface area (TPSA) is 359 Å². The van der Waals surface area contributed by atoms with Crippen LogP contribution in [0.15, 0.2) is 230 Å². The first kappa shape index (κ1) is 109. The second-order valence-corrected chi connectivity index (χ2v) is 26.1. The first-order chi connectivity index (χ1) is 53.3. The number of nitro groups is 6. The summed E-state index contributed by atoms with van der Waals surface area (Å²) in [4.78, 5) is 85.1. The van der Waals surface area contributed by atoms with Gasteiger partial charge in [0, 0.05) is 110 Å². The van der Waals surface area contributed by atoms with Crippen molar-refractivity contribution in [2.75, 3.05) is 17.7 Å². The van der Waals surface area contributed by atoms with E-state index in [4.69, 9.17) is 7.76 Å². The third kappa shape index (κ3) is 51.1. The number of allylic oxidation sites excluding steroid dienone is 6. The van der Waals surface area contributed by atoms with Gasteiger partial charge in [0.2, 0.25) is 35.1 Å². The molecule has 2 aliphatic carbocycles. The van der Waals surface area contributed by atoms with Crippen molar-refractivity contribution < 1.29 is 143 Å². The Labute approximate surface area is 738 Å². The van der Waals surface area contributed by atoms with Crippen molar-refractivity contribution in [3.63, 3.8) is 0 Å². The molecule has 6 aromatic rings. The predicted molar refractivity (Wildman–Crippen MR) is 438 cm³/mol. The Kier molecular flexibility index (Phi) is 68.0. The van der Waals surface area contributed by atoms with Gasteiger partial charge in [-0.25, -0.2) is 0 Å². The normalized spacial score (nSPS) is 18.3. The summed E-state index contributed by atoms with van der Waals surface area (Å²) >= 11 is 7.03. The van der Waals surface area contributed by atoms with Gasteiger partial charge in [0.15, 0.2) is 0 Å². The zero-order chi connectivity index (χ0) is 85.5. The molecule has 2 fully saturated rings.